The summed E-state index contributed by atoms with van der Waals surface area (Å²) in [5.41, 5.74) is 0.441. The molecule has 15 heavy (non-hydrogen) atoms. The highest BCUT2D eigenvalue weighted by molar-refractivity contribution is 5.95. The van der Waals surface area contributed by atoms with Crippen LogP contribution >= 0.6 is 0 Å². The first-order chi connectivity index (χ1) is 6.93. The molecule has 0 unspecified atom stereocenters. The first kappa shape index (κ1) is 11.4. The zero-order chi connectivity index (χ0) is 11.6. The Balaban J connectivity index is 3.29. The lowest BCUT2D eigenvalue weighted by Gasteiger charge is -2.05. The minimum Gasteiger partial charge on any atom is -0.478 e. The van der Waals surface area contributed by atoms with Crippen LogP contribution in [-0.2, 0) is 4.79 Å². The van der Waals surface area contributed by atoms with E-state index in [4.69, 9.17) is 5.11 Å². The number of carbonyl (C=O) groups is 1. The van der Waals surface area contributed by atoms with Crippen LogP contribution in [0, 0.1) is 11.6 Å². The predicted octanol–water partition coefficient (Wildman–Crippen LogP) is 2.84. The number of allylic oxidation sites excluding steroid dienone is 1. The summed E-state index contributed by atoms with van der Waals surface area (Å²) in [6.07, 6.45) is 0. The van der Waals surface area contributed by atoms with Crippen LogP contribution < -0.4 is 0 Å². The Bertz CT molecular complexity index is 436. The monoisotopic (exact) mass is 212 g/mol. The van der Waals surface area contributed by atoms with E-state index >= 15 is 0 Å². The molecule has 0 fully saturated rings. The summed E-state index contributed by atoms with van der Waals surface area (Å²) in [5.74, 6) is -2.55. The molecule has 0 aliphatic carbocycles. The lowest BCUT2D eigenvalue weighted by atomic mass is 10.0. The number of rotatable bonds is 2. The van der Waals surface area contributed by atoms with E-state index in [1.54, 1.807) is 0 Å². The Hall–Kier alpha value is -1.71. The van der Waals surface area contributed by atoms with E-state index in [-0.39, 0.29) is 11.1 Å². The number of benzene rings is 1. The molecule has 0 bridgehead atoms. The quantitative estimate of drug-likeness (QED) is 0.765. The molecular formula is C11H10F2O2. The number of halogens is 2. The van der Waals surface area contributed by atoms with Gasteiger partial charge in [-0.2, -0.15) is 0 Å². The van der Waals surface area contributed by atoms with E-state index in [1.165, 1.54) is 19.9 Å². The van der Waals surface area contributed by atoms with Crippen LogP contribution in [0.2, 0.25) is 0 Å². The second kappa shape index (κ2) is 4.21. The van der Waals surface area contributed by atoms with Gasteiger partial charge in [-0.25, -0.2) is 13.6 Å². The van der Waals surface area contributed by atoms with Crippen LogP contribution in [0.5, 0.6) is 0 Å². The summed E-state index contributed by atoms with van der Waals surface area (Å²) in [6, 6.07) is 3.05. The molecule has 0 aliphatic heterocycles. The molecule has 1 N–H and O–H groups in total. The molecule has 80 valence electrons. The van der Waals surface area contributed by atoms with Gasteiger partial charge in [0.05, 0.1) is 0 Å². The summed E-state index contributed by atoms with van der Waals surface area (Å²) in [7, 11) is 0. The Morgan fingerprint density at radius 1 is 1.27 bits per heavy atom. The Morgan fingerprint density at radius 3 is 2.33 bits per heavy atom. The highest BCUT2D eigenvalue weighted by Gasteiger charge is 2.11. The van der Waals surface area contributed by atoms with Crippen molar-refractivity contribution in [1.82, 2.24) is 0 Å². The van der Waals surface area contributed by atoms with Gasteiger partial charge in [0, 0.05) is 17.2 Å². The molecule has 2 nitrogen and oxygen atoms in total. The number of aliphatic carboxylic acids is 1. The van der Waals surface area contributed by atoms with Gasteiger partial charge in [-0.3, -0.25) is 0 Å². The number of carboxylic acid groups (broad SMARTS) is 1. The van der Waals surface area contributed by atoms with Crippen molar-refractivity contribution in [1.29, 1.82) is 0 Å². The molecule has 0 radical (unpaired) electrons. The molecule has 1 aromatic rings. The van der Waals surface area contributed by atoms with E-state index in [0.717, 1.165) is 12.1 Å². The maximum absolute atomic E-state index is 13.3. The molecule has 0 heterocycles. The van der Waals surface area contributed by atoms with Crippen molar-refractivity contribution in [3.63, 3.8) is 0 Å². The van der Waals surface area contributed by atoms with Crippen LogP contribution in [0.1, 0.15) is 19.4 Å². The van der Waals surface area contributed by atoms with Gasteiger partial charge in [-0.05, 0) is 31.6 Å². The summed E-state index contributed by atoms with van der Waals surface area (Å²) >= 11 is 0. The zero-order valence-corrected chi connectivity index (χ0v) is 8.34. The summed E-state index contributed by atoms with van der Waals surface area (Å²) in [5, 5.41) is 8.70. The molecule has 4 heteroatoms. The Labute approximate surface area is 85.9 Å². The largest absolute Gasteiger partial charge is 0.478 e. The van der Waals surface area contributed by atoms with Crippen LogP contribution in [0.3, 0.4) is 0 Å². The standard InChI is InChI=1S/C11H10F2O2/c1-6(7(2)11(14)15)9-4-3-8(12)5-10(9)13/h3-5H,1-2H3,(H,14,15). The highest BCUT2D eigenvalue weighted by atomic mass is 19.1. The fourth-order valence-electron chi connectivity index (χ4n) is 1.16. The van der Waals surface area contributed by atoms with Crippen LogP contribution in [0.4, 0.5) is 8.78 Å². The fraction of sp³-hybridized carbons (Fsp3) is 0.182. The van der Waals surface area contributed by atoms with Gasteiger partial charge in [0.2, 0.25) is 0 Å². The normalized spacial score (nSPS) is 12.3. The number of hydrogen-bond acceptors (Lipinski definition) is 1. The lowest BCUT2D eigenvalue weighted by molar-refractivity contribution is -0.132. The molecule has 1 aromatic carbocycles. The molecular weight excluding hydrogens is 202 g/mol. The van der Waals surface area contributed by atoms with Gasteiger partial charge < -0.3 is 5.11 Å². The third kappa shape index (κ3) is 2.40. The predicted molar refractivity (Wildman–Crippen MR) is 52.3 cm³/mol. The first-order valence-corrected chi connectivity index (χ1v) is 4.29. The molecule has 0 amide bonds. The maximum atomic E-state index is 13.3. The van der Waals surface area contributed by atoms with Gasteiger partial charge in [0.15, 0.2) is 0 Å². The number of carboxylic acids is 1. The summed E-state index contributed by atoms with van der Waals surface area (Å²) in [4.78, 5) is 10.6. The van der Waals surface area contributed by atoms with E-state index in [2.05, 4.69) is 0 Å². The van der Waals surface area contributed by atoms with E-state index in [0.29, 0.717) is 5.57 Å². The van der Waals surface area contributed by atoms with Crippen molar-refractivity contribution < 1.29 is 18.7 Å². The molecule has 0 atom stereocenters. The van der Waals surface area contributed by atoms with E-state index in [1.807, 2.05) is 0 Å². The van der Waals surface area contributed by atoms with Gasteiger partial charge in [-0.1, -0.05) is 0 Å². The Kier molecular flexibility index (Phi) is 3.19. The molecule has 0 saturated carbocycles. The maximum Gasteiger partial charge on any atom is 0.331 e. The van der Waals surface area contributed by atoms with Gasteiger partial charge in [0.1, 0.15) is 11.6 Å². The van der Waals surface area contributed by atoms with Crippen LogP contribution in [0.15, 0.2) is 23.8 Å². The van der Waals surface area contributed by atoms with Gasteiger partial charge >= 0.3 is 5.97 Å². The molecule has 1 rings (SSSR count). The Morgan fingerprint density at radius 2 is 1.87 bits per heavy atom. The third-order valence-corrected chi connectivity index (χ3v) is 2.22. The van der Waals surface area contributed by atoms with Crippen molar-refractivity contribution in [3.8, 4) is 0 Å². The van der Waals surface area contributed by atoms with E-state index in [9.17, 15) is 13.6 Å². The van der Waals surface area contributed by atoms with Crippen molar-refractivity contribution >= 4 is 11.5 Å². The van der Waals surface area contributed by atoms with Crippen molar-refractivity contribution in [2.24, 2.45) is 0 Å². The second-order valence-electron chi connectivity index (χ2n) is 3.18. The summed E-state index contributed by atoms with van der Waals surface area (Å²) < 4.78 is 25.9. The average molecular weight is 212 g/mol. The second-order valence-corrected chi connectivity index (χ2v) is 3.18. The summed E-state index contributed by atoms with van der Waals surface area (Å²) in [6.45, 7) is 2.86. The first-order valence-electron chi connectivity index (χ1n) is 4.29. The zero-order valence-electron chi connectivity index (χ0n) is 8.34. The van der Waals surface area contributed by atoms with Gasteiger partial charge in [0.25, 0.3) is 0 Å². The van der Waals surface area contributed by atoms with E-state index < -0.39 is 17.6 Å². The molecule has 0 aliphatic rings. The van der Waals surface area contributed by atoms with Crippen LogP contribution in [-0.4, -0.2) is 11.1 Å². The minimum absolute atomic E-state index is 0.0421. The molecule has 0 saturated heterocycles. The number of hydrogen-bond donors (Lipinski definition) is 1. The van der Waals surface area contributed by atoms with Crippen molar-refractivity contribution in [3.05, 3.63) is 41.0 Å². The van der Waals surface area contributed by atoms with Crippen molar-refractivity contribution in [2.45, 2.75) is 13.8 Å². The average Bonchev–Trinajstić information content (AvgIpc) is 2.15. The fourth-order valence-corrected chi connectivity index (χ4v) is 1.16. The minimum atomic E-state index is -1.11. The molecule has 0 spiro atoms. The van der Waals surface area contributed by atoms with Crippen LogP contribution in [0.25, 0.3) is 5.57 Å². The third-order valence-electron chi connectivity index (χ3n) is 2.22. The SMILES string of the molecule is CC(C(=O)O)=C(C)c1ccc(F)cc1F. The molecule has 0 aromatic heterocycles. The smallest absolute Gasteiger partial charge is 0.331 e. The van der Waals surface area contributed by atoms with Crippen molar-refractivity contribution in [2.75, 3.05) is 0 Å². The topological polar surface area (TPSA) is 37.3 Å². The van der Waals surface area contributed by atoms with Gasteiger partial charge in [-0.15, -0.1) is 0 Å². The lowest BCUT2D eigenvalue weighted by Crippen LogP contribution is -2.00. The highest BCUT2D eigenvalue weighted by Crippen LogP contribution is 2.21.